The van der Waals surface area contributed by atoms with Gasteiger partial charge in [0.1, 0.15) is 5.69 Å². The van der Waals surface area contributed by atoms with Crippen LogP contribution in [0.5, 0.6) is 0 Å². The number of fused-ring (bicyclic) bond motifs is 1. The van der Waals surface area contributed by atoms with Crippen LogP contribution in [0.1, 0.15) is 10.4 Å². The zero-order valence-electron chi connectivity index (χ0n) is 12.9. The first-order valence-corrected chi connectivity index (χ1v) is 8.39. The molecule has 0 aliphatic carbocycles. The Morgan fingerprint density at radius 1 is 1.08 bits per heavy atom. The van der Waals surface area contributed by atoms with E-state index in [-0.39, 0.29) is 11.5 Å². The Bertz CT molecular complexity index is 1120. The van der Waals surface area contributed by atoms with E-state index in [1.807, 2.05) is 29.6 Å². The van der Waals surface area contributed by atoms with Gasteiger partial charge in [0.05, 0.1) is 11.3 Å². The van der Waals surface area contributed by atoms with Gasteiger partial charge in [0.15, 0.2) is 5.13 Å². The van der Waals surface area contributed by atoms with Crippen molar-refractivity contribution in [1.29, 1.82) is 0 Å². The third kappa shape index (κ3) is 3.05. The van der Waals surface area contributed by atoms with Crippen LogP contribution in [-0.2, 0) is 0 Å². The number of para-hydroxylation sites is 1. The smallest absolute Gasteiger partial charge is 0.258 e. The van der Waals surface area contributed by atoms with Crippen LogP contribution in [0, 0.1) is 0 Å². The molecule has 3 aromatic heterocycles. The number of aromatic amines is 1. The molecule has 1 aromatic carbocycles. The summed E-state index contributed by atoms with van der Waals surface area (Å²) in [5.41, 5.74) is 2.04. The summed E-state index contributed by atoms with van der Waals surface area (Å²) in [4.78, 5) is 35.7. The van der Waals surface area contributed by atoms with Crippen molar-refractivity contribution in [2.45, 2.75) is 0 Å². The van der Waals surface area contributed by atoms with Gasteiger partial charge < -0.3 is 4.98 Å². The number of aromatic nitrogens is 3. The third-order valence-corrected chi connectivity index (χ3v) is 4.40. The molecule has 0 radical (unpaired) electrons. The van der Waals surface area contributed by atoms with Crippen molar-refractivity contribution >= 4 is 33.3 Å². The number of anilines is 1. The lowest BCUT2D eigenvalue weighted by molar-refractivity contribution is 0.102. The van der Waals surface area contributed by atoms with E-state index in [1.54, 1.807) is 24.4 Å². The number of carbonyl (C=O) groups excluding carboxylic acids is 1. The Hall–Kier alpha value is -3.32. The minimum atomic E-state index is -0.371. The number of nitrogens with zero attached hydrogens (tertiary/aromatic N) is 2. The van der Waals surface area contributed by atoms with Gasteiger partial charge in [0.2, 0.25) is 5.56 Å². The van der Waals surface area contributed by atoms with Gasteiger partial charge in [-0.25, -0.2) is 4.98 Å². The summed E-state index contributed by atoms with van der Waals surface area (Å²) < 4.78 is 0. The molecule has 7 heteroatoms. The van der Waals surface area contributed by atoms with Gasteiger partial charge in [0.25, 0.3) is 5.91 Å². The molecule has 0 fully saturated rings. The Kier molecular flexibility index (Phi) is 3.83. The quantitative estimate of drug-likeness (QED) is 0.595. The second kappa shape index (κ2) is 6.29. The summed E-state index contributed by atoms with van der Waals surface area (Å²) >= 11 is 1.31. The van der Waals surface area contributed by atoms with Gasteiger partial charge in [-0.15, -0.1) is 11.3 Å². The fourth-order valence-electron chi connectivity index (χ4n) is 2.52. The van der Waals surface area contributed by atoms with Crippen LogP contribution in [0.2, 0.25) is 0 Å². The lowest BCUT2D eigenvalue weighted by Crippen LogP contribution is -2.16. The Morgan fingerprint density at radius 2 is 1.92 bits per heavy atom. The lowest BCUT2D eigenvalue weighted by atomic mass is 10.1. The molecule has 122 valence electrons. The predicted octanol–water partition coefficient (Wildman–Crippen LogP) is 3.30. The summed E-state index contributed by atoms with van der Waals surface area (Å²) in [5, 5.41) is 5.72. The van der Waals surface area contributed by atoms with E-state index in [0.717, 1.165) is 5.69 Å². The second-order valence-electron chi connectivity index (χ2n) is 5.30. The van der Waals surface area contributed by atoms with Gasteiger partial charge in [0, 0.05) is 28.5 Å². The van der Waals surface area contributed by atoms with E-state index in [0.29, 0.717) is 27.3 Å². The number of nitrogens with one attached hydrogen (secondary N) is 2. The van der Waals surface area contributed by atoms with Crippen LogP contribution in [0.3, 0.4) is 0 Å². The first kappa shape index (κ1) is 15.2. The summed E-state index contributed by atoms with van der Waals surface area (Å²) in [7, 11) is 0. The summed E-state index contributed by atoms with van der Waals surface area (Å²) in [6, 6.07) is 14.0. The minimum absolute atomic E-state index is 0.314. The molecule has 25 heavy (non-hydrogen) atoms. The topological polar surface area (TPSA) is 87.7 Å². The molecule has 4 aromatic rings. The van der Waals surface area contributed by atoms with Gasteiger partial charge in [-0.05, 0) is 18.2 Å². The average molecular weight is 348 g/mol. The van der Waals surface area contributed by atoms with Crippen molar-refractivity contribution < 1.29 is 4.79 Å². The minimum Gasteiger partial charge on any atom is -0.322 e. The van der Waals surface area contributed by atoms with Crippen LogP contribution in [-0.4, -0.2) is 20.9 Å². The highest BCUT2D eigenvalue weighted by atomic mass is 32.1. The van der Waals surface area contributed by atoms with E-state index in [4.69, 9.17) is 0 Å². The van der Waals surface area contributed by atoms with Crippen molar-refractivity contribution in [1.82, 2.24) is 15.0 Å². The molecule has 4 rings (SSSR count). The van der Waals surface area contributed by atoms with E-state index >= 15 is 0 Å². The number of carbonyl (C=O) groups is 1. The van der Waals surface area contributed by atoms with Crippen LogP contribution in [0.25, 0.3) is 22.3 Å². The Morgan fingerprint density at radius 3 is 2.76 bits per heavy atom. The fourth-order valence-corrected chi connectivity index (χ4v) is 3.22. The number of hydrogen-bond acceptors (Lipinski definition) is 5. The number of rotatable bonds is 3. The fraction of sp³-hybridized carbons (Fsp3) is 0. The van der Waals surface area contributed by atoms with Crippen LogP contribution in [0.15, 0.2) is 64.9 Å². The molecule has 2 N–H and O–H groups in total. The number of H-pyrrole nitrogens is 1. The highest BCUT2D eigenvalue weighted by Crippen LogP contribution is 2.24. The maximum Gasteiger partial charge on any atom is 0.258 e. The second-order valence-corrected chi connectivity index (χ2v) is 6.16. The van der Waals surface area contributed by atoms with E-state index in [2.05, 4.69) is 20.3 Å². The van der Waals surface area contributed by atoms with Crippen LogP contribution < -0.4 is 10.9 Å². The first-order chi connectivity index (χ1) is 12.2. The Labute approximate surface area is 146 Å². The molecule has 0 unspecified atom stereocenters. The highest BCUT2D eigenvalue weighted by Gasteiger charge is 2.14. The van der Waals surface area contributed by atoms with Crippen molar-refractivity contribution in [2.75, 3.05) is 5.32 Å². The molecule has 0 aliphatic rings. The van der Waals surface area contributed by atoms with E-state index in [1.165, 1.54) is 17.4 Å². The SMILES string of the molecule is O=C(Nc1nc(-c2ccccn2)cs1)c1cc(=O)[nH]c2ccccc12. The Balaban J connectivity index is 1.65. The van der Waals surface area contributed by atoms with E-state index < -0.39 is 0 Å². The van der Waals surface area contributed by atoms with E-state index in [9.17, 15) is 9.59 Å². The largest absolute Gasteiger partial charge is 0.322 e. The van der Waals surface area contributed by atoms with Crippen LogP contribution in [0.4, 0.5) is 5.13 Å². The van der Waals surface area contributed by atoms with Crippen molar-refractivity contribution in [2.24, 2.45) is 0 Å². The zero-order valence-corrected chi connectivity index (χ0v) is 13.7. The number of benzene rings is 1. The molecule has 0 saturated carbocycles. The van der Waals surface area contributed by atoms with Gasteiger partial charge in [-0.3, -0.25) is 19.9 Å². The summed E-state index contributed by atoms with van der Waals surface area (Å²) in [6.45, 7) is 0. The number of hydrogen-bond donors (Lipinski definition) is 2. The maximum atomic E-state index is 12.6. The highest BCUT2D eigenvalue weighted by molar-refractivity contribution is 7.14. The third-order valence-electron chi connectivity index (χ3n) is 3.65. The molecule has 0 atom stereocenters. The molecule has 3 heterocycles. The number of amides is 1. The molecule has 0 spiro atoms. The van der Waals surface area contributed by atoms with Crippen molar-refractivity contribution in [3.8, 4) is 11.4 Å². The van der Waals surface area contributed by atoms with Crippen LogP contribution >= 0.6 is 11.3 Å². The predicted molar refractivity (Wildman–Crippen MR) is 97.9 cm³/mol. The molecule has 0 bridgehead atoms. The molecule has 6 nitrogen and oxygen atoms in total. The van der Waals surface area contributed by atoms with Gasteiger partial charge >= 0.3 is 0 Å². The first-order valence-electron chi connectivity index (χ1n) is 7.51. The van der Waals surface area contributed by atoms with Crippen molar-refractivity contribution in [3.05, 3.63) is 76.0 Å². The van der Waals surface area contributed by atoms with Gasteiger partial charge in [-0.2, -0.15) is 0 Å². The molecule has 0 saturated heterocycles. The summed E-state index contributed by atoms with van der Waals surface area (Å²) in [5.74, 6) is -0.371. The maximum absolute atomic E-state index is 12.6. The monoisotopic (exact) mass is 348 g/mol. The molecular formula is C18H12N4O2S. The summed E-state index contributed by atoms with van der Waals surface area (Å²) in [6.07, 6.45) is 1.69. The van der Waals surface area contributed by atoms with Crippen molar-refractivity contribution in [3.63, 3.8) is 0 Å². The van der Waals surface area contributed by atoms with Gasteiger partial charge in [-0.1, -0.05) is 24.3 Å². The molecule has 0 aliphatic heterocycles. The lowest BCUT2D eigenvalue weighted by Gasteiger charge is -2.05. The molecular weight excluding hydrogens is 336 g/mol. The average Bonchev–Trinajstić information content (AvgIpc) is 3.10. The number of pyridine rings is 2. The number of thiazole rings is 1. The zero-order chi connectivity index (χ0) is 17.2. The normalized spacial score (nSPS) is 10.7. The standard InChI is InChI=1S/C18H12N4O2S/c23-16-9-12(11-5-1-2-6-13(11)20-16)17(24)22-18-21-15(10-25-18)14-7-3-4-8-19-14/h1-10H,(H,20,23)(H,21,22,24). The molecule has 1 amide bonds.